The molecule has 2 heterocycles. The molecule has 108 valence electrons. The number of ether oxygens (including phenoxy) is 1. The van der Waals surface area contributed by atoms with Crippen molar-refractivity contribution in [1.82, 2.24) is 14.9 Å². The standard InChI is InChI=1S/C15H16N4O2/c1-10(20)19-4-5-21-14-3-2-11(6-12(14)9-19)13-7-18-15(16)8-17-13/h2-3,6-8H,4-5,9H2,1H3,(H2,16,18). The average Bonchev–Trinajstić information content (AvgIpc) is 2.69. The van der Waals surface area contributed by atoms with Gasteiger partial charge in [0.05, 0.1) is 24.6 Å². The van der Waals surface area contributed by atoms with Crippen LogP contribution in [0.1, 0.15) is 12.5 Å². The quantitative estimate of drug-likeness (QED) is 0.857. The van der Waals surface area contributed by atoms with Crippen molar-refractivity contribution in [2.45, 2.75) is 13.5 Å². The van der Waals surface area contributed by atoms with Crippen LogP contribution in [0.3, 0.4) is 0 Å². The number of anilines is 1. The first-order valence-corrected chi connectivity index (χ1v) is 6.72. The van der Waals surface area contributed by atoms with E-state index in [9.17, 15) is 4.79 Å². The molecule has 0 bridgehead atoms. The lowest BCUT2D eigenvalue weighted by molar-refractivity contribution is -0.129. The molecule has 0 saturated carbocycles. The topological polar surface area (TPSA) is 81.3 Å². The molecule has 6 nitrogen and oxygen atoms in total. The van der Waals surface area contributed by atoms with Gasteiger partial charge in [0, 0.05) is 24.6 Å². The zero-order chi connectivity index (χ0) is 14.8. The molecule has 0 radical (unpaired) electrons. The van der Waals surface area contributed by atoms with Crippen LogP contribution in [-0.4, -0.2) is 33.9 Å². The van der Waals surface area contributed by atoms with Gasteiger partial charge in [-0.1, -0.05) is 0 Å². The largest absolute Gasteiger partial charge is 0.491 e. The van der Waals surface area contributed by atoms with Crippen LogP contribution >= 0.6 is 0 Å². The summed E-state index contributed by atoms with van der Waals surface area (Å²) >= 11 is 0. The van der Waals surface area contributed by atoms with E-state index >= 15 is 0 Å². The van der Waals surface area contributed by atoms with Crippen LogP contribution < -0.4 is 10.5 Å². The fraction of sp³-hybridized carbons (Fsp3) is 0.267. The summed E-state index contributed by atoms with van der Waals surface area (Å²) in [6.45, 7) is 3.22. The first kappa shape index (κ1) is 13.4. The van der Waals surface area contributed by atoms with Crippen LogP contribution in [0.15, 0.2) is 30.6 Å². The van der Waals surface area contributed by atoms with Crippen LogP contribution in [-0.2, 0) is 11.3 Å². The van der Waals surface area contributed by atoms with E-state index in [0.29, 0.717) is 25.5 Å². The van der Waals surface area contributed by atoms with E-state index in [0.717, 1.165) is 22.6 Å². The van der Waals surface area contributed by atoms with Gasteiger partial charge in [0.1, 0.15) is 18.2 Å². The van der Waals surface area contributed by atoms with Gasteiger partial charge in [0.15, 0.2) is 0 Å². The van der Waals surface area contributed by atoms with Gasteiger partial charge in [0.2, 0.25) is 5.91 Å². The lowest BCUT2D eigenvalue weighted by Crippen LogP contribution is -2.30. The molecule has 3 rings (SSSR count). The summed E-state index contributed by atoms with van der Waals surface area (Å²) in [6, 6.07) is 5.83. The number of hydrogen-bond acceptors (Lipinski definition) is 5. The zero-order valence-electron chi connectivity index (χ0n) is 11.7. The predicted molar refractivity (Wildman–Crippen MR) is 78.5 cm³/mol. The molecule has 0 fully saturated rings. The molecule has 2 aromatic rings. The summed E-state index contributed by atoms with van der Waals surface area (Å²) in [6.07, 6.45) is 3.16. The molecule has 0 unspecified atom stereocenters. The minimum atomic E-state index is 0.0455. The smallest absolute Gasteiger partial charge is 0.219 e. The number of nitrogens with two attached hydrogens (primary N) is 1. The van der Waals surface area contributed by atoms with Gasteiger partial charge in [-0.05, 0) is 18.2 Å². The summed E-state index contributed by atoms with van der Waals surface area (Å²) in [5, 5.41) is 0. The normalized spacial score (nSPS) is 14.0. The second-order valence-electron chi connectivity index (χ2n) is 4.94. The minimum absolute atomic E-state index is 0.0455. The monoisotopic (exact) mass is 284 g/mol. The van der Waals surface area contributed by atoms with Gasteiger partial charge < -0.3 is 15.4 Å². The molecule has 6 heteroatoms. The van der Waals surface area contributed by atoms with Crippen LogP contribution in [0.25, 0.3) is 11.3 Å². The Bertz CT molecular complexity index is 670. The number of nitrogen functional groups attached to an aromatic ring is 1. The highest BCUT2D eigenvalue weighted by atomic mass is 16.5. The van der Waals surface area contributed by atoms with E-state index in [1.807, 2.05) is 18.2 Å². The van der Waals surface area contributed by atoms with Gasteiger partial charge >= 0.3 is 0 Å². The van der Waals surface area contributed by atoms with Gasteiger partial charge in [-0.25, -0.2) is 4.98 Å². The second-order valence-corrected chi connectivity index (χ2v) is 4.94. The number of aromatic nitrogens is 2. The van der Waals surface area contributed by atoms with E-state index in [1.54, 1.807) is 18.0 Å². The van der Waals surface area contributed by atoms with Crippen LogP contribution in [0.2, 0.25) is 0 Å². The summed E-state index contributed by atoms with van der Waals surface area (Å²) in [4.78, 5) is 21.7. The van der Waals surface area contributed by atoms with Crippen molar-refractivity contribution in [3.05, 3.63) is 36.2 Å². The fourth-order valence-electron chi connectivity index (χ4n) is 2.31. The van der Waals surface area contributed by atoms with Crippen molar-refractivity contribution in [2.24, 2.45) is 0 Å². The maximum absolute atomic E-state index is 11.6. The maximum atomic E-state index is 11.6. The molecular formula is C15H16N4O2. The zero-order valence-corrected chi connectivity index (χ0v) is 11.7. The lowest BCUT2D eigenvalue weighted by Gasteiger charge is -2.17. The van der Waals surface area contributed by atoms with E-state index in [1.165, 1.54) is 6.20 Å². The van der Waals surface area contributed by atoms with Crippen molar-refractivity contribution in [3.8, 4) is 17.0 Å². The third-order valence-corrected chi connectivity index (χ3v) is 3.45. The molecule has 0 aliphatic carbocycles. The SMILES string of the molecule is CC(=O)N1CCOc2ccc(-c3cnc(N)cn3)cc2C1. The molecule has 1 aromatic heterocycles. The summed E-state index contributed by atoms with van der Waals surface area (Å²) in [7, 11) is 0. The molecule has 0 spiro atoms. The van der Waals surface area contributed by atoms with Crippen molar-refractivity contribution in [1.29, 1.82) is 0 Å². The number of amides is 1. The van der Waals surface area contributed by atoms with Crippen LogP contribution in [0.4, 0.5) is 5.82 Å². The average molecular weight is 284 g/mol. The number of carbonyl (C=O) groups excluding carboxylic acids is 1. The van der Waals surface area contributed by atoms with E-state index < -0.39 is 0 Å². The highest BCUT2D eigenvalue weighted by molar-refractivity contribution is 5.73. The van der Waals surface area contributed by atoms with Crippen molar-refractivity contribution >= 4 is 11.7 Å². The highest BCUT2D eigenvalue weighted by Gasteiger charge is 2.18. The molecule has 21 heavy (non-hydrogen) atoms. The molecule has 1 aliphatic rings. The number of carbonyl (C=O) groups is 1. The highest BCUT2D eigenvalue weighted by Crippen LogP contribution is 2.28. The Morgan fingerprint density at radius 3 is 2.90 bits per heavy atom. The third-order valence-electron chi connectivity index (χ3n) is 3.45. The van der Waals surface area contributed by atoms with Gasteiger partial charge in [-0.3, -0.25) is 9.78 Å². The molecule has 1 amide bonds. The van der Waals surface area contributed by atoms with Crippen LogP contribution in [0.5, 0.6) is 5.75 Å². The molecule has 2 N–H and O–H groups in total. The molecule has 0 atom stereocenters. The minimum Gasteiger partial charge on any atom is -0.491 e. The second kappa shape index (κ2) is 5.40. The Labute approximate surface area is 122 Å². The summed E-state index contributed by atoms with van der Waals surface area (Å²) < 4.78 is 5.69. The molecular weight excluding hydrogens is 268 g/mol. The van der Waals surface area contributed by atoms with Gasteiger partial charge in [0.25, 0.3) is 0 Å². The Morgan fingerprint density at radius 1 is 1.33 bits per heavy atom. The fourth-order valence-corrected chi connectivity index (χ4v) is 2.31. The van der Waals surface area contributed by atoms with Crippen molar-refractivity contribution in [3.63, 3.8) is 0 Å². The van der Waals surface area contributed by atoms with E-state index in [4.69, 9.17) is 10.5 Å². The summed E-state index contributed by atoms with van der Waals surface area (Å²) in [5.74, 6) is 1.25. The predicted octanol–water partition coefficient (Wildman–Crippen LogP) is 1.47. The lowest BCUT2D eigenvalue weighted by atomic mass is 10.1. The van der Waals surface area contributed by atoms with Crippen molar-refractivity contribution in [2.75, 3.05) is 18.9 Å². The Hall–Kier alpha value is -2.63. The Morgan fingerprint density at radius 2 is 2.19 bits per heavy atom. The molecule has 1 aromatic carbocycles. The molecule has 0 saturated heterocycles. The maximum Gasteiger partial charge on any atom is 0.219 e. The first-order chi connectivity index (χ1) is 10.1. The first-order valence-electron chi connectivity index (χ1n) is 6.72. The van der Waals surface area contributed by atoms with E-state index in [2.05, 4.69) is 9.97 Å². The number of nitrogens with zero attached hydrogens (tertiary/aromatic N) is 3. The van der Waals surface area contributed by atoms with Crippen molar-refractivity contribution < 1.29 is 9.53 Å². The summed E-state index contributed by atoms with van der Waals surface area (Å²) in [5.41, 5.74) is 8.19. The number of hydrogen-bond donors (Lipinski definition) is 1. The Kier molecular flexibility index (Phi) is 3.43. The third kappa shape index (κ3) is 2.79. The van der Waals surface area contributed by atoms with Gasteiger partial charge in [-0.15, -0.1) is 0 Å². The number of rotatable bonds is 1. The van der Waals surface area contributed by atoms with E-state index in [-0.39, 0.29) is 5.91 Å². The number of fused-ring (bicyclic) bond motifs is 1. The van der Waals surface area contributed by atoms with Crippen LogP contribution in [0, 0.1) is 0 Å². The molecule has 1 aliphatic heterocycles. The van der Waals surface area contributed by atoms with Gasteiger partial charge in [-0.2, -0.15) is 0 Å². The Balaban J connectivity index is 1.96. The number of benzene rings is 1.